The van der Waals surface area contributed by atoms with Gasteiger partial charge in [-0.15, -0.1) is 5.10 Å². The maximum absolute atomic E-state index is 12.3. The molecule has 2 aromatic carbocycles. The van der Waals surface area contributed by atoms with Crippen molar-refractivity contribution in [3.63, 3.8) is 0 Å². The van der Waals surface area contributed by atoms with E-state index in [2.05, 4.69) is 45.2 Å². The van der Waals surface area contributed by atoms with E-state index in [9.17, 15) is 4.79 Å². The molecular formula is C19H22N6O. The monoisotopic (exact) mass is 350 g/mol. The summed E-state index contributed by atoms with van der Waals surface area (Å²) in [5, 5.41) is 17.0. The van der Waals surface area contributed by atoms with Gasteiger partial charge in [0, 0.05) is 18.2 Å². The molecule has 2 amide bonds. The molecule has 2 N–H and O–H groups in total. The lowest BCUT2D eigenvalue weighted by Crippen LogP contribution is -2.32. The van der Waals surface area contributed by atoms with Crippen LogP contribution in [-0.2, 0) is 0 Å². The molecule has 3 rings (SSSR count). The van der Waals surface area contributed by atoms with Gasteiger partial charge in [-0.1, -0.05) is 43.3 Å². The van der Waals surface area contributed by atoms with Crippen LogP contribution in [0.2, 0.25) is 0 Å². The summed E-state index contributed by atoms with van der Waals surface area (Å²) in [5.74, 6) is 0.289. The first-order chi connectivity index (χ1) is 12.7. The fourth-order valence-corrected chi connectivity index (χ4v) is 2.82. The Balaban J connectivity index is 1.62. The minimum Gasteiger partial charge on any atom is -0.337 e. The number of nitrogens with one attached hydrogen (secondary N) is 2. The van der Waals surface area contributed by atoms with Crippen molar-refractivity contribution in [2.24, 2.45) is 0 Å². The van der Waals surface area contributed by atoms with Gasteiger partial charge >= 0.3 is 6.03 Å². The van der Waals surface area contributed by atoms with Crippen LogP contribution in [0, 0.1) is 6.92 Å². The summed E-state index contributed by atoms with van der Waals surface area (Å²) in [7, 11) is 0. The molecule has 0 spiro atoms. The molecule has 0 saturated heterocycles. The quantitative estimate of drug-likeness (QED) is 0.714. The molecule has 0 unspecified atom stereocenters. The zero-order valence-electron chi connectivity index (χ0n) is 14.9. The largest absolute Gasteiger partial charge is 0.337 e. The van der Waals surface area contributed by atoms with Gasteiger partial charge in [0.15, 0.2) is 0 Å². The molecule has 1 heterocycles. The van der Waals surface area contributed by atoms with Crippen LogP contribution in [0.5, 0.6) is 0 Å². The van der Waals surface area contributed by atoms with E-state index in [1.807, 2.05) is 43.3 Å². The number of nitrogens with zero attached hydrogens (tertiary/aromatic N) is 4. The van der Waals surface area contributed by atoms with Crippen molar-refractivity contribution in [2.45, 2.75) is 26.2 Å². The minimum atomic E-state index is -0.231. The predicted molar refractivity (Wildman–Crippen MR) is 100 cm³/mol. The molecule has 1 aromatic heterocycles. The van der Waals surface area contributed by atoms with Gasteiger partial charge in [-0.05, 0) is 47.0 Å². The number of aryl methyl sites for hydroxylation is 1. The van der Waals surface area contributed by atoms with Gasteiger partial charge in [0.2, 0.25) is 0 Å². The van der Waals surface area contributed by atoms with E-state index in [0.717, 1.165) is 17.7 Å². The number of hydrogen-bond donors (Lipinski definition) is 2. The van der Waals surface area contributed by atoms with Gasteiger partial charge in [-0.3, -0.25) is 0 Å². The first kappa shape index (κ1) is 17.6. The average Bonchev–Trinajstić information content (AvgIpc) is 3.19. The number of carbonyl (C=O) groups is 1. The molecule has 7 nitrogen and oxygen atoms in total. The van der Waals surface area contributed by atoms with Crippen molar-refractivity contribution in [3.8, 4) is 5.69 Å². The molecule has 0 fully saturated rings. The Morgan fingerprint density at radius 1 is 1.19 bits per heavy atom. The standard InChI is InChI=1S/C19H22N6O/c1-3-15(16-7-5-4-6-8-16)12-20-19(26)22-17-10-9-14(2)18(11-17)25-13-21-23-24-25/h4-11,13,15H,3,12H2,1-2H3,(H2,20,22,26)/t15-/m0/s1. The van der Waals surface area contributed by atoms with Gasteiger partial charge in [-0.2, -0.15) is 0 Å². The van der Waals surface area contributed by atoms with Crippen molar-refractivity contribution in [2.75, 3.05) is 11.9 Å². The van der Waals surface area contributed by atoms with E-state index < -0.39 is 0 Å². The van der Waals surface area contributed by atoms with E-state index in [1.54, 1.807) is 4.68 Å². The van der Waals surface area contributed by atoms with Gasteiger partial charge in [0.05, 0.1) is 5.69 Å². The lowest BCUT2D eigenvalue weighted by atomic mass is 9.97. The Hall–Kier alpha value is -3.22. The lowest BCUT2D eigenvalue weighted by Gasteiger charge is -2.17. The minimum absolute atomic E-state index is 0.231. The number of tetrazole rings is 1. The van der Waals surface area contributed by atoms with Crippen LogP contribution in [0.1, 0.15) is 30.4 Å². The molecule has 0 bridgehead atoms. The Labute approximate surface area is 152 Å². The van der Waals surface area contributed by atoms with Crippen LogP contribution in [0.15, 0.2) is 54.9 Å². The second-order valence-electron chi connectivity index (χ2n) is 6.11. The SMILES string of the molecule is CC[C@@H](CNC(=O)Nc1ccc(C)c(-n2cnnn2)c1)c1ccccc1. The zero-order chi connectivity index (χ0) is 18.4. The smallest absolute Gasteiger partial charge is 0.319 e. The first-order valence-corrected chi connectivity index (χ1v) is 8.61. The van der Waals surface area contributed by atoms with Crippen LogP contribution < -0.4 is 10.6 Å². The molecule has 1 atom stereocenters. The summed E-state index contributed by atoms with van der Waals surface area (Å²) in [5.41, 5.74) is 3.75. The normalized spacial score (nSPS) is 11.8. The summed E-state index contributed by atoms with van der Waals surface area (Å²) >= 11 is 0. The lowest BCUT2D eigenvalue weighted by molar-refractivity contribution is 0.251. The van der Waals surface area contributed by atoms with Crippen molar-refractivity contribution in [1.29, 1.82) is 0 Å². The highest BCUT2D eigenvalue weighted by Crippen LogP contribution is 2.19. The van der Waals surface area contributed by atoms with Gasteiger partial charge < -0.3 is 10.6 Å². The zero-order valence-corrected chi connectivity index (χ0v) is 14.9. The maximum atomic E-state index is 12.3. The Morgan fingerprint density at radius 2 is 2.00 bits per heavy atom. The Morgan fingerprint density at radius 3 is 2.69 bits per heavy atom. The fraction of sp³-hybridized carbons (Fsp3) is 0.263. The number of hydrogen-bond acceptors (Lipinski definition) is 4. The van der Waals surface area contributed by atoms with Crippen LogP contribution in [0.4, 0.5) is 10.5 Å². The number of anilines is 1. The molecule has 0 radical (unpaired) electrons. The molecule has 3 aromatic rings. The van der Waals surface area contributed by atoms with Gasteiger partial charge in [0.25, 0.3) is 0 Å². The Kier molecular flexibility index (Phi) is 5.58. The average molecular weight is 350 g/mol. The number of amides is 2. The molecular weight excluding hydrogens is 328 g/mol. The highest BCUT2D eigenvalue weighted by atomic mass is 16.2. The van der Waals surface area contributed by atoms with E-state index in [4.69, 9.17) is 0 Å². The first-order valence-electron chi connectivity index (χ1n) is 8.61. The number of rotatable bonds is 6. The van der Waals surface area contributed by atoms with Gasteiger partial charge in [0.1, 0.15) is 6.33 Å². The number of aromatic nitrogens is 4. The second kappa shape index (κ2) is 8.24. The topological polar surface area (TPSA) is 84.7 Å². The molecule has 26 heavy (non-hydrogen) atoms. The van der Waals surface area contributed by atoms with Crippen LogP contribution in [0.3, 0.4) is 0 Å². The van der Waals surface area contributed by atoms with Crippen LogP contribution >= 0.6 is 0 Å². The van der Waals surface area contributed by atoms with Crippen molar-refractivity contribution in [3.05, 3.63) is 66.0 Å². The third-order valence-electron chi connectivity index (χ3n) is 4.34. The van der Waals surface area contributed by atoms with Crippen molar-refractivity contribution < 1.29 is 4.79 Å². The molecule has 134 valence electrons. The van der Waals surface area contributed by atoms with Crippen LogP contribution in [-0.4, -0.2) is 32.8 Å². The van der Waals surface area contributed by atoms with Crippen molar-refractivity contribution >= 4 is 11.7 Å². The summed E-state index contributed by atoms with van der Waals surface area (Å²) < 4.78 is 1.57. The molecule has 0 aliphatic carbocycles. The maximum Gasteiger partial charge on any atom is 0.319 e. The fourth-order valence-electron chi connectivity index (χ4n) is 2.82. The molecule has 7 heteroatoms. The number of urea groups is 1. The number of benzene rings is 2. The van der Waals surface area contributed by atoms with Crippen LogP contribution in [0.25, 0.3) is 5.69 Å². The number of carbonyl (C=O) groups excluding carboxylic acids is 1. The van der Waals surface area contributed by atoms with E-state index in [-0.39, 0.29) is 11.9 Å². The van der Waals surface area contributed by atoms with E-state index in [1.165, 1.54) is 11.9 Å². The van der Waals surface area contributed by atoms with Crippen molar-refractivity contribution in [1.82, 2.24) is 25.5 Å². The summed E-state index contributed by atoms with van der Waals surface area (Å²) in [6, 6.07) is 15.6. The molecule has 0 aliphatic heterocycles. The molecule has 0 saturated carbocycles. The summed E-state index contributed by atoms with van der Waals surface area (Å²) in [6.07, 6.45) is 2.48. The highest BCUT2D eigenvalue weighted by Gasteiger charge is 2.11. The summed E-state index contributed by atoms with van der Waals surface area (Å²) in [6.45, 7) is 4.67. The third-order valence-corrected chi connectivity index (χ3v) is 4.34. The van der Waals surface area contributed by atoms with E-state index in [0.29, 0.717) is 12.2 Å². The Bertz CT molecular complexity index is 848. The molecule has 0 aliphatic rings. The summed E-state index contributed by atoms with van der Waals surface area (Å²) in [4.78, 5) is 12.3. The van der Waals surface area contributed by atoms with Gasteiger partial charge in [-0.25, -0.2) is 9.48 Å². The second-order valence-corrected chi connectivity index (χ2v) is 6.11. The third kappa shape index (κ3) is 4.24. The highest BCUT2D eigenvalue weighted by molar-refractivity contribution is 5.89. The van der Waals surface area contributed by atoms with E-state index >= 15 is 0 Å². The predicted octanol–water partition coefficient (Wildman–Crippen LogP) is 3.29.